The van der Waals surface area contributed by atoms with Gasteiger partial charge in [0, 0.05) is 5.57 Å². The van der Waals surface area contributed by atoms with Crippen molar-refractivity contribution in [3.05, 3.63) is 24.8 Å². The normalized spacial score (nSPS) is 9.50. The monoisotopic (exact) mass is 239 g/mol. The number of primary amides is 1. The molecule has 0 bridgehead atoms. The summed E-state index contributed by atoms with van der Waals surface area (Å²) in [5.74, 6) is -1.51. The third kappa shape index (κ3) is 14.7. The number of hydrogen-bond donors (Lipinski definition) is 1. The van der Waals surface area contributed by atoms with Crippen LogP contribution in [0.2, 0.25) is 0 Å². The SMILES string of the molecule is C=C(C)C(=O)OCC(F)(F)F.C=CC(N)=O. The second-order valence-corrected chi connectivity index (χ2v) is 2.58. The van der Waals surface area contributed by atoms with Crippen molar-refractivity contribution >= 4 is 11.9 Å². The number of ether oxygens (including phenoxy) is 1. The maximum absolute atomic E-state index is 11.4. The van der Waals surface area contributed by atoms with Gasteiger partial charge in [-0.25, -0.2) is 4.79 Å². The van der Waals surface area contributed by atoms with Crippen molar-refractivity contribution in [1.82, 2.24) is 0 Å². The molecular formula is C9H12F3NO3. The lowest BCUT2D eigenvalue weighted by atomic mass is 10.4. The van der Waals surface area contributed by atoms with E-state index in [1.807, 2.05) is 0 Å². The van der Waals surface area contributed by atoms with Crippen LogP contribution in [-0.2, 0) is 14.3 Å². The van der Waals surface area contributed by atoms with Crippen LogP contribution in [0.15, 0.2) is 24.8 Å². The zero-order valence-corrected chi connectivity index (χ0v) is 8.63. The van der Waals surface area contributed by atoms with Gasteiger partial charge in [0.25, 0.3) is 0 Å². The highest BCUT2D eigenvalue weighted by Crippen LogP contribution is 2.14. The summed E-state index contributed by atoms with van der Waals surface area (Å²) in [6, 6.07) is 0. The van der Waals surface area contributed by atoms with Crippen LogP contribution in [0.4, 0.5) is 13.2 Å². The minimum absolute atomic E-state index is 0.0470. The lowest BCUT2D eigenvalue weighted by Crippen LogP contribution is -2.20. The number of hydrogen-bond acceptors (Lipinski definition) is 3. The number of nitrogens with two attached hydrogens (primary N) is 1. The molecule has 0 heterocycles. The maximum atomic E-state index is 11.4. The number of esters is 1. The molecule has 2 N–H and O–H groups in total. The summed E-state index contributed by atoms with van der Waals surface area (Å²) in [6.07, 6.45) is -3.41. The number of carbonyl (C=O) groups is 2. The summed E-state index contributed by atoms with van der Waals surface area (Å²) in [5, 5.41) is 0. The van der Waals surface area contributed by atoms with E-state index in [2.05, 4.69) is 23.6 Å². The standard InChI is InChI=1S/C6H7F3O2.C3H5NO/c1-4(2)5(10)11-3-6(7,8)9;1-2-3(4)5/h1,3H2,2H3;2H,1H2,(H2,4,5). The topological polar surface area (TPSA) is 69.4 Å². The van der Waals surface area contributed by atoms with E-state index in [0.717, 1.165) is 6.08 Å². The van der Waals surface area contributed by atoms with Gasteiger partial charge in [-0.1, -0.05) is 13.2 Å². The molecule has 0 saturated carbocycles. The molecular weight excluding hydrogens is 227 g/mol. The smallest absolute Gasteiger partial charge is 0.422 e. The van der Waals surface area contributed by atoms with Crippen molar-refractivity contribution < 1.29 is 27.5 Å². The van der Waals surface area contributed by atoms with Crippen molar-refractivity contribution in [2.75, 3.05) is 6.61 Å². The number of halogens is 3. The first kappa shape index (κ1) is 16.6. The van der Waals surface area contributed by atoms with Gasteiger partial charge in [-0.05, 0) is 13.0 Å². The fourth-order valence-corrected chi connectivity index (χ4v) is 0.271. The third-order valence-corrected chi connectivity index (χ3v) is 0.917. The second-order valence-electron chi connectivity index (χ2n) is 2.58. The Kier molecular flexibility index (Phi) is 7.79. The Labute approximate surface area is 90.6 Å². The first-order valence-corrected chi connectivity index (χ1v) is 3.91. The Morgan fingerprint density at radius 2 is 1.81 bits per heavy atom. The molecule has 0 radical (unpaired) electrons. The van der Waals surface area contributed by atoms with Crippen LogP contribution in [0.1, 0.15) is 6.92 Å². The molecule has 4 nitrogen and oxygen atoms in total. The molecule has 0 aromatic heterocycles. The minimum atomic E-state index is -4.47. The molecule has 0 aliphatic heterocycles. The summed E-state index contributed by atoms with van der Waals surface area (Å²) in [5.41, 5.74) is 4.49. The first-order chi connectivity index (χ1) is 7.10. The van der Waals surface area contributed by atoms with E-state index >= 15 is 0 Å². The van der Waals surface area contributed by atoms with E-state index in [9.17, 15) is 22.8 Å². The van der Waals surface area contributed by atoms with Gasteiger partial charge in [0.15, 0.2) is 6.61 Å². The summed E-state index contributed by atoms with van der Waals surface area (Å²) in [6.45, 7) is 5.92. The highest BCUT2D eigenvalue weighted by atomic mass is 19.4. The molecule has 0 atom stereocenters. The Morgan fingerprint density at radius 3 is 2.00 bits per heavy atom. The van der Waals surface area contributed by atoms with Gasteiger partial charge in [-0.3, -0.25) is 4.79 Å². The average molecular weight is 239 g/mol. The zero-order chi connectivity index (χ0) is 13.4. The summed E-state index contributed by atoms with van der Waals surface area (Å²) in [7, 11) is 0. The molecule has 0 fully saturated rings. The van der Waals surface area contributed by atoms with E-state index in [4.69, 9.17) is 0 Å². The quantitative estimate of drug-likeness (QED) is 0.596. The minimum Gasteiger partial charge on any atom is -0.453 e. The first-order valence-electron chi connectivity index (χ1n) is 3.91. The predicted octanol–water partition coefficient (Wildman–Crippen LogP) is 1.33. The van der Waals surface area contributed by atoms with E-state index in [-0.39, 0.29) is 5.57 Å². The van der Waals surface area contributed by atoms with E-state index in [0.29, 0.717) is 0 Å². The second kappa shape index (κ2) is 7.49. The fourth-order valence-electron chi connectivity index (χ4n) is 0.271. The summed E-state index contributed by atoms with van der Waals surface area (Å²) in [4.78, 5) is 19.8. The third-order valence-electron chi connectivity index (χ3n) is 0.917. The van der Waals surface area contributed by atoms with Gasteiger partial charge in [0.1, 0.15) is 0 Å². The number of rotatable bonds is 3. The molecule has 0 rings (SSSR count). The lowest BCUT2D eigenvalue weighted by Gasteiger charge is -2.06. The van der Waals surface area contributed by atoms with E-state index < -0.39 is 24.7 Å². The summed E-state index contributed by atoms with van der Waals surface area (Å²) >= 11 is 0. The van der Waals surface area contributed by atoms with Crippen LogP contribution in [0.5, 0.6) is 0 Å². The molecule has 92 valence electrons. The molecule has 1 amide bonds. The van der Waals surface area contributed by atoms with E-state index in [1.54, 1.807) is 0 Å². The van der Waals surface area contributed by atoms with Crippen molar-refractivity contribution in [2.45, 2.75) is 13.1 Å². The van der Waals surface area contributed by atoms with Crippen molar-refractivity contribution in [2.24, 2.45) is 5.73 Å². The highest BCUT2D eigenvalue weighted by Gasteiger charge is 2.29. The molecule has 0 spiro atoms. The highest BCUT2D eigenvalue weighted by molar-refractivity contribution is 5.86. The predicted molar refractivity (Wildman–Crippen MR) is 51.2 cm³/mol. The zero-order valence-electron chi connectivity index (χ0n) is 8.63. The molecule has 0 saturated heterocycles. The van der Waals surface area contributed by atoms with Crippen molar-refractivity contribution in [3.63, 3.8) is 0 Å². The molecule has 0 unspecified atom stereocenters. The molecule has 0 aliphatic carbocycles. The Balaban J connectivity index is 0. The Hall–Kier alpha value is -1.79. The van der Waals surface area contributed by atoms with Crippen LogP contribution in [0.25, 0.3) is 0 Å². The molecule has 16 heavy (non-hydrogen) atoms. The molecule has 0 aromatic rings. The Bertz CT molecular complexity index is 284. The van der Waals surface area contributed by atoms with Crippen LogP contribution in [-0.4, -0.2) is 24.7 Å². The Morgan fingerprint density at radius 1 is 1.44 bits per heavy atom. The van der Waals surface area contributed by atoms with Gasteiger partial charge in [0.2, 0.25) is 5.91 Å². The lowest BCUT2D eigenvalue weighted by molar-refractivity contribution is -0.183. The van der Waals surface area contributed by atoms with Gasteiger partial charge in [-0.15, -0.1) is 0 Å². The molecule has 0 aliphatic rings. The molecule has 0 aromatic carbocycles. The van der Waals surface area contributed by atoms with E-state index in [1.165, 1.54) is 6.92 Å². The van der Waals surface area contributed by atoms with Gasteiger partial charge < -0.3 is 10.5 Å². The van der Waals surface area contributed by atoms with Crippen LogP contribution < -0.4 is 5.73 Å². The molecule has 7 heteroatoms. The average Bonchev–Trinajstić information content (AvgIpc) is 2.13. The van der Waals surface area contributed by atoms with Crippen molar-refractivity contribution in [3.8, 4) is 0 Å². The van der Waals surface area contributed by atoms with Gasteiger partial charge >= 0.3 is 12.1 Å². The van der Waals surface area contributed by atoms with Crippen LogP contribution >= 0.6 is 0 Å². The largest absolute Gasteiger partial charge is 0.453 e. The van der Waals surface area contributed by atoms with Crippen LogP contribution in [0.3, 0.4) is 0 Å². The summed E-state index contributed by atoms with van der Waals surface area (Å²) < 4.78 is 37.9. The van der Waals surface area contributed by atoms with Gasteiger partial charge in [-0.2, -0.15) is 13.2 Å². The number of carbonyl (C=O) groups excluding carboxylic acids is 2. The number of alkyl halides is 3. The van der Waals surface area contributed by atoms with Crippen LogP contribution in [0, 0.1) is 0 Å². The maximum Gasteiger partial charge on any atom is 0.422 e. The van der Waals surface area contributed by atoms with Crippen molar-refractivity contribution in [1.29, 1.82) is 0 Å². The fraction of sp³-hybridized carbons (Fsp3) is 0.333. The van der Waals surface area contributed by atoms with Gasteiger partial charge in [0.05, 0.1) is 0 Å². The number of amides is 1.